The topological polar surface area (TPSA) is 73.2 Å². The minimum atomic E-state index is -0.593. The van der Waals surface area contributed by atoms with Crippen molar-refractivity contribution < 1.29 is 13.9 Å². The average Bonchev–Trinajstić information content (AvgIpc) is 2.80. The zero-order chi connectivity index (χ0) is 22.7. The number of hydrogen-bond acceptors (Lipinski definition) is 5. The van der Waals surface area contributed by atoms with E-state index in [1.807, 2.05) is 0 Å². The molecule has 6 nitrogen and oxygen atoms in total. The van der Waals surface area contributed by atoms with E-state index in [0.29, 0.717) is 32.5 Å². The fourth-order valence-electron chi connectivity index (χ4n) is 3.10. The zero-order valence-corrected chi connectivity index (χ0v) is 18.4. The Hall–Kier alpha value is -3.36. The minimum absolute atomic E-state index is 0.0141. The van der Waals surface area contributed by atoms with E-state index in [4.69, 9.17) is 16.3 Å². The third-order valence-corrected chi connectivity index (χ3v) is 5.76. The fourth-order valence-corrected chi connectivity index (χ4v) is 4.08. The first kappa shape index (κ1) is 21.9. The molecule has 4 aromatic rings. The Morgan fingerprint density at radius 3 is 2.78 bits per heavy atom. The van der Waals surface area contributed by atoms with E-state index in [-0.39, 0.29) is 17.0 Å². The van der Waals surface area contributed by atoms with Gasteiger partial charge in [0.25, 0.3) is 5.56 Å². The molecule has 0 unspecified atom stereocenters. The highest BCUT2D eigenvalue weighted by Crippen LogP contribution is 2.24. The number of nitrogens with zero attached hydrogens (tertiary/aromatic N) is 2. The molecule has 3 aromatic carbocycles. The number of anilines is 1. The van der Waals surface area contributed by atoms with Gasteiger partial charge in [-0.15, -0.1) is 0 Å². The van der Waals surface area contributed by atoms with Crippen LogP contribution < -0.4 is 15.6 Å². The molecule has 0 fully saturated rings. The summed E-state index contributed by atoms with van der Waals surface area (Å²) in [6, 6.07) is 17.9. The van der Waals surface area contributed by atoms with Gasteiger partial charge in [0.05, 0.1) is 35.1 Å². The number of para-hydroxylation sites is 1. The Morgan fingerprint density at radius 1 is 1.16 bits per heavy atom. The van der Waals surface area contributed by atoms with Gasteiger partial charge in [-0.05, 0) is 42.5 Å². The molecule has 0 saturated carbocycles. The number of methoxy groups -OCH3 is 1. The lowest BCUT2D eigenvalue weighted by Gasteiger charge is -2.14. The number of halogens is 2. The van der Waals surface area contributed by atoms with Crippen LogP contribution in [0.3, 0.4) is 0 Å². The Morgan fingerprint density at radius 2 is 1.97 bits per heavy atom. The number of carbonyl (C=O) groups excluding carboxylic acids is 1. The molecule has 0 saturated heterocycles. The van der Waals surface area contributed by atoms with Crippen LogP contribution in [0.1, 0.15) is 0 Å². The Bertz CT molecular complexity index is 1380. The van der Waals surface area contributed by atoms with Gasteiger partial charge >= 0.3 is 0 Å². The molecule has 4 rings (SSSR count). The summed E-state index contributed by atoms with van der Waals surface area (Å²) in [6.07, 6.45) is 0. The number of benzene rings is 3. The average molecular weight is 470 g/mol. The summed E-state index contributed by atoms with van der Waals surface area (Å²) >= 11 is 6.94. The van der Waals surface area contributed by atoms with Crippen LogP contribution in [-0.4, -0.2) is 28.3 Å². The Labute approximate surface area is 192 Å². The monoisotopic (exact) mass is 469 g/mol. The van der Waals surface area contributed by atoms with Crippen molar-refractivity contribution in [2.75, 3.05) is 18.2 Å². The van der Waals surface area contributed by atoms with E-state index in [1.54, 1.807) is 48.5 Å². The van der Waals surface area contributed by atoms with Gasteiger partial charge in [-0.3, -0.25) is 14.2 Å². The lowest BCUT2D eigenvalue weighted by Crippen LogP contribution is -2.23. The molecule has 0 aliphatic carbocycles. The van der Waals surface area contributed by atoms with Gasteiger partial charge in [-0.2, -0.15) is 0 Å². The molecule has 0 atom stereocenters. The van der Waals surface area contributed by atoms with Crippen LogP contribution in [0.2, 0.25) is 5.02 Å². The quantitative estimate of drug-likeness (QED) is 0.320. The lowest BCUT2D eigenvalue weighted by atomic mass is 10.2. The maximum absolute atomic E-state index is 13.9. The second-order valence-corrected chi connectivity index (χ2v) is 8.09. The molecule has 0 aliphatic heterocycles. The first-order chi connectivity index (χ1) is 15.5. The highest BCUT2D eigenvalue weighted by molar-refractivity contribution is 7.99. The molecule has 1 heterocycles. The van der Waals surface area contributed by atoms with E-state index in [1.165, 1.54) is 29.9 Å². The highest BCUT2D eigenvalue weighted by Gasteiger charge is 2.16. The highest BCUT2D eigenvalue weighted by atomic mass is 35.5. The summed E-state index contributed by atoms with van der Waals surface area (Å²) in [5.41, 5.74) is 0.782. The maximum atomic E-state index is 13.9. The number of hydrogen-bond donors (Lipinski definition) is 1. The van der Waals surface area contributed by atoms with Gasteiger partial charge < -0.3 is 10.1 Å². The maximum Gasteiger partial charge on any atom is 0.266 e. The lowest BCUT2D eigenvalue weighted by molar-refractivity contribution is -0.113. The summed E-state index contributed by atoms with van der Waals surface area (Å²) in [6.45, 7) is 0. The molecule has 1 amide bonds. The smallest absolute Gasteiger partial charge is 0.266 e. The second kappa shape index (κ2) is 9.42. The molecular formula is C23H17ClFN3O3S. The largest absolute Gasteiger partial charge is 0.497 e. The molecule has 0 bridgehead atoms. The van der Waals surface area contributed by atoms with Crippen molar-refractivity contribution in [3.63, 3.8) is 0 Å². The molecule has 9 heteroatoms. The predicted molar refractivity (Wildman–Crippen MR) is 125 cm³/mol. The SMILES string of the molecule is COc1cccc(-n2c(SCC(=O)Nc3cc(Cl)ccc3F)nc3ccccc3c2=O)c1. The summed E-state index contributed by atoms with van der Waals surface area (Å²) < 4.78 is 20.6. The van der Waals surface area contributed by atoms with E-state index in [9.17, 15) is 14.0 Å². The Kier molecular flexibility index (Phi) is 6.43. The van der Waals surface area contributed by atoms with Gasteiger partial charge in [0.15, 0.2) is 5.16 Å². The number of thioether (sulfide) groups is 1. The summed E-state index contributed by atoms with van der Waals surface area (Å²) in [5, 5.41) is 3.57. The van der Waals surface area contributed by atoms with Crippen molar-refractivity contribution in [2.24, 2.45) is 0 Å². The number of nitrogens with one attached hydrogen (secondary N) is 1. The first-order valence-electron chi connectivity index (χ1n) is 9.50. The van der Waals surface area contributed by atoms with Gasteiger partial charge in [0, 0.05) is 11.1 Å². The summed E-state index contributed by atoms with van der Waals surface area (Å²) in [4.78, 5) is 30.3. The third-order valence-electron chi connectivity index (χ3n) is 4.59. The normalized spacial score (nSPS) is 10.8. The predicted octanol–water partition coefficient (Wildman–Crippen LogP) is 4.92. The third kappa shape index (κ3) is 4.61. The molecule has 1 aromatic heterocycles. The molecule has 1 N–H and O–H groups in total. The number of amides is 1. The van der Waals surface area contributed by atoms with E-state index in [0.717, 1.165) is 11.8 Å². The van der Waals surface area contributed by atoms with Crippen molar-refractivity contribution in [2.45, 2.75) is 5.16 Å². The molecule has 0 spiro atoms. The first-order valence-corrected chi connectivity index (χ1v) is 10.9. The van der Waals surface area contributed by atoms with Crippen LogP contribution >= 0.6 is 23.4 Å². The van der Waals surface area contributed by atoms with Gasteiger partial charge in [-0.1, -0.05) is 41.6 Å². The number of fused-ring (bicyclic) bond motifs is 1. The molecule has 0 radical (unpaired) electrons. The van der Waals surface area contributed by atoms with Crippen LogP contribution in [-0.2, 0) is 4.79 Å². The van der Waals surface area contributed by atoms with Crippen LogP contribution in [0.4, 0.5) is 10.1 Å². The summed E-state index contributed by atoms with van der Waals surface area (Å²) in [7, 11) is 1.54. The minimum Gasteiger partial charge on any atom is -0.497 e. The van der Waals surface area contributed by atoms with E-state index in [2.05, 4.69) is 10.3 Å². The summed E-state index contributed by atoms with van der Waals surface area (Å²) in [5.74, 6) is -0.575. The molecule has 162 valence electrons. The molecular weight excluding hydrogens is 453 g/mol. The van der Waals surface area contributed by atoms with Crippen molar-refractivity contribution in [3.8, 4) is 11.4 Å². The van der Waals surface area contributed by atoms with Crippen molar-refractivity contribution >= 4 is 45.9 Å². The standard InChI is InChI=1S/C23H17ClFN3O3S/c1-31-16-6-4-5-15(12-16)28-22(30)17-7-2-3-8-19(17)27-23(28)32-13-21(29)26-20-11-14(24)9-10-18(20)25/h2-12H,13H2,1H3,(H,26,29). The van der Waals surface area contributed by atoms with Gasteiger partial charge in [-0.25, -0.2) is 9.37 Å². The van der Waals surface area contributed by atoms with E-state index >= 15 is 0 Å². The van der Waals surface area contributed by atoms with Gasteiger partial charge in [0.2, 0.25) is 5.91 Å². The van der Waals surface area contributed by atoms with Crippen LogP contribution in [0.25, 0.3) is 16.6 Å². The van der Waals surface area contributed by atoms with Crippen LogP contribution in [0.15, 0.2) is 76.7 Å². The molecule has 32 heavy (non-hydrogen) atoms. The van der Waals surface area contributed by atoms with Crippen molar-refractivity contribution in [3.05, 3.63) is 87.9 Å². The number of carbonyl (C=O) groups is 1. The van der Waals surface area contributed by atoms with Crippen molar-refractivity contribution in [1.29, 1.82) is 0 Å². The van der Waals surface area contributed by atoms with Crippen LogP contribution in [0.5, 0.6) is 5.75 Å². The zero-order valence-electron chi connectivity index (χ0n) is 16.8. The number of aromatic nitrogens is 2. The van der Waals surface area contributed by atoms with Crippen LogP contribution in [0, 0.1) is 5.82 Å². The Balaban J connectivity index is 1.69. The molecule has 0 aliphatic rings. The second-order valence-electron chi connectivity index (χ2n) is 6.71. The number of rotatable bonds is 6. The van der Waals surface area contributed by atoms with E-state index < -0.39 is 11.7 Å². The van der Waals surface area contributed by atoms with Crippen molar-refractivity contribution in [1.82, 2.24) is 9.55 Å². The van der Waals surface area contributed by atoms with Gasteiger partial charge in [0.1, 0.15) is 11.6 Å². The number of ether oxygens (including phenoxy) is 1. The fraction of sp³-hybridized carbons (Fsp3) is 0.0870.